The molecule has 96 valence electrons. The van der Waals surface area contributed by atoms with Crippen molar-refractivity contribution >= 4 is 22.1 Å². The van der Waals surface area contributed by atoms with Gasteiger partial charge in [-0.3, -0.25) is 4.55 Å². The van der Waals surface area contributed by atoms with Crippen LogP contribution >= 0.6 is 0 Å². The van der Waals surface area contributed by atoms with Crippen LogP contribution < -0.4 is 29.6 Å². The summed E-state index contributed by atoms with van der Waals surface area (Å²) in [6.07, 6.45) is 0.153. The molecule has 2 bridgehead atoms. The normalized spacial score (nSPS) is 12.9. The summed E-state index contributed by atoms with van der Waals surface area (Å²) in [6, 6.07) is 2.08. The zero-order valence-corrected chi connectivity index (χ0v) is 12.6. The molecular weight excluding hydrogens is 287 g/mol. The molecule has 0 aliphatic heterocycles. The van der Waals surface area contributed by atoms with Crippen LogP contribution in [0.1, 0.15) is 31.8 Å². The molecule has 0 spiro atoms. The minimum atomic E-state index is -4.71. The number of rotatable bonds is 3. The molecule has 1 aliphatic carbocycles. The molecule has 1 aliphatic rings. The molecule has 9 heteroatoms. The van der Waals surface area contributed by atoms with Crippen LogP contribution in [0, 0.1) is 6.07 Å². The fourth-order valence-corrected chi connectivity index (χ4v) is 2.83. The summed E-state index contributed by atoms with van der Waals surface area (Å²) >= 11 is 0. The van der Waals surface area contributed by atoms with E-state index < -0.39 is 32.5 Å². The summed E-state index contributed by atoms with van der Waals surface area (Å²) in [5, 5.41) is 17.9. The smallest absolute Gasteiger partial charge is 0.521 e. The molecule has 2 rings (SSSR count). The quantitative estimate of drug-likeness (QED) is 0.313. The van der Waals surface area contributed by atoms with Gasteiger partial charge in [0.05, 0.1) is 0 Å². The van der Waals surface area contributed by atoms with Gasteiger partial charge in [0.15, 0.2) is 0 Å². The van der Waals surface area contributed by atoms with Gasteiger partial charge >= 0.3 is 35.5 Å². The standard InChI is InChI=1S/C10H7O7S.Na/c11-9(12)6-3-7(18(15,16)17)5-2-1-4(6)8(5)10(13)14;/h1-2H2,(H,11,12)(H,13,14)(H,15,16,17);/q-1;+1. The van der Waals surface area contributed by atoms with Crippen molar-refractivity contribution in [3.05, 3.63) is 28.3 Å². The maximum Gasteiger partial charge on any atom is 1.00 e. The van der Waals surface area contributed by atoms with Gasteiger partial charge in [-0.15, -0.1) is 11.6 Å². The van der Waals surface area contributed by atoms with Gasteiger partial charge in [0.25, 0.3) is 10.1 Å². The van der Waals surface area contributed by atoms with Gasteiger partial charge in [-0.05, 0) is 5.56 Å². The summed E-state index contributed by atoms with van der Waals surface area (Å²) < 4.78 is 31.2. The molecule has 0 unspecified atom stereocenters. The van der Waals surface area contributed by atoms with E-state index in [4.69, 9.17) is 14.8 Å². The van der Waals surface area contributed by atoms with Gasteiger partial charge in [-0.25, -0.2) is 4.79 Å². The predicted octanol–water partition coefficient (Wildman–Crippen LogP) is -2.77. The van der Waals surface area contributed by atoms with Crippen molar-refractivity contribution in [2.45, 2.75) is 17.7 Å². The average molecular weight is 294 g/mol. The van der Waals surface area contributed by atoms with Crippen LogP contribution in [0.3, 0.4) is 0 Å². The van der Waals surface area contributed by atoms with Crippen molar-refractivity contribution in [3.63, 3.8) is 0 Å². The van der Waals surface area contributed by atoms with Gasteiger partial charge in [-0.1, -0.05) is 24.0 Å². The Labute approximate surface area is 130 Å². The van der Waals surface area contributed by atoms with Crippen LogP contribution in [0.5, 0.6) is 0 Å². The van der Waals surface area contributed by atoms with Crippen molar-refractivity contribution in [1.82, 2.24) is 0 Å². The molecule has 0 saturated heterocycles. The van der Waals surface area contributed by atoms with Gasteiger partial charge in [-0.2, -0.15) is 8.42 Å². The van der Waals surface area contributed by atoms with E-state index in [1.165, 1.54) is 0 Å². The Morgan fingerprint density at radius 1 is 1.05 bits per heavy atom. The van der Waals surface area contributed by atoms with Gasteiger partial charge in [0, 0.05) is 4.90 Å². The van der Waals surface area contributed by atoms with Crippen LogP contribution in [-0.2, 0) is 23.0 Å². The number of carbonyl (C=O) groups is 2. The fourth-order valence-electron chi connectivity index (χ4n) is 2.08. The molecule has 0 fully saturated rings. The summed E-state index contributed by atoms with van der Waals surface area (Å²) in [5.41, 5.74) is -0.942. The van der Waals surface area contributed by atoms with Crippen LogP contribution in [-0.4, -0.2) is 35.1 Å². The maximum atomic E-state index is 11.1. The van der Waals surface area contributed by atoms with E-state index in [9.17, 15) is 18.0 Å². The molecule has 0 saturated carbocycles. The first-order chi connectivity index (χ1) is 8.23. The second-order valence-corrected chi connectivity index (χ2v) is 5.10. The summed E-state index contributed by atoms with van der Waals surface area (Å²) in [5.74, 6) is -2.90. The van der Waals surface area contributed by atoms with E-state index in [-0.39, 0.29) is 59.1 Å². The Morgan fingerprint density at radius 3 is 2.00 bits per heavy atom. The second kappa shape index (κ2) is 5.22. The molecule has 7 nitrogen and oxygen atoms in total. The molecule has 1 aromatic rings. The first kappa shape index (κ1) is 16.1. The van der Waals surface area contributed by atoms with E-state index in [1.807, 2.05) is 0 Å². The summed E-state index contributed by atoms with van der Waals surface area (Å²) in [6.45, 7) is 0. The van der Waals surface area contributed by atoms with Crippen LogP contribution in [0.25, 0.3) is 0 Å². The number of carboxylic acid groups (broad SMARTS) is 2. The van der Waals surface area contributed by atoms with E-state index in [1.54, 1.807) is 0 Å². The second-order valence-electron chi connectivity index (χ2n) is 3.75. The van der Waals surface area contributed by atoms with E-state index in [0.717, 1.165) is 0 Å². The average Bonchev–Trinajstić information content (AvgIpc) is 2.52. The molecule has 3 N–H and O–H groups in total. The fraction of sp³-hybridized carbons (Fsp3) is 0.200. The maximum absolute atomic E-state index is 11.1. The SMILES string of the molecule is O=C(O)c1[c-]c(S(=O)(=O)O)c2c(C(=O)O)c1CC2.[Na+]. The monoisotopic (exact) mass is 294 g/mol. The van der Waals surface area contributed by atoms with E-state index >= 15 is 0 Å². The minimum Gasteiger partial charge on any atom is -0.521 e. The topological polar surface area (TPSA) is 129 Å². The number of benzene rings is 1. The van der Waals surface area contributed by atoms with E-state index in [0.29, 0.717) is 0 Å². The third-order valence-corrected chi connectivity index (χ3v) is 3.59. The van der Waals surface area contributed by atoms with Crippen molar-refractivity contribution in [2.75, 3.05) is 0 Å². The number of fused-ring (bicyclic) bond motifs is 2. The van der Waals surface area contributed by atoms with Crippen LogP contribution in [0.15, 0.2) is 4.90 Å². The Bertz CT molecular complexity index is 678. The molecule has 0 amide bonds. The zero-order chi connectivity index (χ0) is 13.7. The van der Waals surface area contributed by atoms with Crippen LogP contribution in [0.2, 0.25) is 0 Å². The van der Waals surface area contributed by atoms with E-state index in [2.05, 4.69) is 6.07 Å². The van der Waals surface area contributed by atoms with Gasteiger partial charge < -0.3 is 15.0 Å². The van der Waals surface area contributed by atoms with Crippen LogP contribution in [0.4, 0.5) is 0 Å². The van der Waals surface area contributed by atoms with Crippen molar-refractivity contribution < 1.29 is 62.3 Å². The van der Waals surface area contributed by atoms with Crippen molar-refractivity contribution in [1.29, 1.82) is 0 Å². The van der Waals surface area contributed by atoms with Gasteiger partial charge in [0.2, 0.25) is 5.97 Å². The molecule has 0 aromatic heterocycles. The molecule has 0 heterocycles. The first-order valence-electron chi connectivity index (χ1n) is 4.78. The summed E-state index contributed by atoms with van der Waals surface area (Å²) in [7, 11) is -4.71. The number of hydrogen-bond acceptors (Lipinski definition) is 4. The number of hydrogen-bond donors (Lipinski definition) is 3. The predicted molar refractivity (Wildman–Crippen MR) is 56.4 cm³/mol. The van der Waals surface area contributed by atoms with Gasteiger partial charge in [0.1, 0.15) is 0 Å². The zero-order valence-electron chi connectivity index (χ0n) is 9.80. The van der Waals surface area contributed by atoms with Crippen molar-refractivity contribution in [2.24, 2.45) is 0 Å². The third kappa shape index (κ3) is 2.67. The molecule has 1 aromatic carbocycles. The Kier molecular flexibility index (Phi) is 4.43. The largest absolute Gasteiger partial charge is 1.00 e. The number of carboxylic acids is 2. The Balaban J connectivity index is 0.00000180. The molecular formula is C10H7NaO7S. The molecule has 19 heavy (non-hydrogen) atoms. The summed E-state index contributed by atoms with van der Waals surface area (Å²) in [4.78, 5) is 21.2. The Hall–Kier alpha value is -0.930. The Morgan fingerprint density at radius 2 is 1.58 bits per heavy atom. The first-order valence-corrected chi connectivity index (χ1v) is 6.22. The van der Waals surface area contributed by atoms with Crippen molar-refractivity contribution in [3.8, 4) is 0 Å². The molecule has 0 radical (unpaired) electrons. The molecule has 0 atom stereocenters. The minimum absolute atomic E-state index is 0. The number of aromatic carboxylic acids is 2. The third-order valence-electron chi connectivity index (χ3n) is 2.73.